The van der Waals surface area contributed by atoms with Crippen molar-refractivity contribution in [3.8, 4) is 27.7 Å². The first-order valence-corrected chi connectivity index (χ1v) is 7.66. The zero-order valence-electron chi connectivity index (χ0n) is 10.7. The zero-order valence-corrected chi connectivity index (χ0v) is 13.1. The lowest BCUT2D eigenvalue weighted by Gasteiger charge is -2.00. The summed E-state index contributed by atoms with van der Waals surface area (Å²) in [6, 6.07) is 13.7. The lowest BCUT2D eigenvalue weighted by molar-refractivity contribution is 0.415. The monoisotopic (exact) mass is 346 g/mol. The highest BCUT2D eigenvalue weighted by molar-refractivity contribution is 9.10. The molecule has 3 nitrogen and oxygen atoms in total. The summed E-state index contributed by atoms with van der Waals surface area (Å²) in [6.45, 7) is 0. The van der Waals surface area contributed by atoms with Crippen LogP contribution in [-0.4, -0.2) is 17.1 Å². The van der Waals surface area contributed by atoms with Gasteiger partial charge < -0.3 is 4.74 Å². The highest BCUT2D eigenvalue weighted by Crippen LogP contribution is 2.29. The van der Waals surface area contributed by atoms with Gasteiger partial charge in [0.25, 0.3) is 0 Å². The molecule has 2 heterocycles. The van der Waals surface area contributed by atoms with Gasteiger partial charge in [-0.1, -0.05) is 6.07 Å². The van der Waals surface area contributed by atoms with Gasteiger partial charge in [-0.05, 0) is 52.3 Å². The molecule has 20 heavy (non-hydrogen) atoms. The second kappa shape index (κ2) is 5.73. The Morgan fingerprint density at radius 3 is 2.50 bits per heavy atom. The number of thiazole rings is 1. The normalized spacial score (nSPS) is 10.5. The molecule has 0 saturated carbocycles. The van der Waals surface area contributed by atoms with E-state index in [-0.39, 0.29) is 0 Å². The third-order valence-corrected chi connectivity index (χ3v) is 4.15. The standard InChI is InChI=1S/C15H11BrN2OS/c1-19-11-7-5-10(6-8-11)15-18-13(9-20-15)12-3-2-4-14(16)17-12/h2-9H,1H3. The predicted octanol–water partition coefficient (Wildman–Crippen LogP) is 4.64. The second-order valence-corrected chi connectivity index (χ2v) is 5.78. The quantitative estimate of drug-likeness (QED) is 0.647. The predicted molar refractivity (Wildman–Crippen MR) is 85.0 cm³/mol. The number of aromatic nitrogens is 2. The molecule has 0 spiro atoms. The van der Waals surface area contributed by atoms with E-state index in [4.69, 9.17) is 4.74 Å². The van der Waals surface area contributed by atoms with Crippen LogP contribution in [0.3, 0.4) is 0 Å². The smallest absolute Gasteiger partial charge is 0.124 e. The van der Waals surface area contributed by atoms with Gasteiger partial charge in [0.1, 0.15) is 21.1 Å². The minimum absolute atomic E-state index is 0.814. The van der Waals surface area contributed by atoms with Gasteiger partial charge in [-0.3, -0.25) is 0 Å². The van der Waals surface area contributed by atoms with Crippen LogP contribution in [-0.2, 0) is 0 Å². The van der Waals surface area contributed by atoms with E-state index in [0.29, 0.717) is 0 Å². The van der Waals surface area contributed by atoms with E-state index in [1.54, 1.807) is 18.4 Å². The molecule has 5 heteroatoms. The van der Waals surface area contributed by atoms with Gasteiger partial charge >= 0.3 is 0 Å². The summed E-state index contributed by atoms with van der Waals surface area (Å²) in [6.07, 6.45) is 0. The molecule has 0 radical (unpaired) electrons. The van der Waals surface area contributed by atoms with Crippen molar-refractivity contribution >= 4 is 27.3 Å². The van der Waals surface area contributed by atoms with E-state index >= 15 is 0 Å². The second-order valence-electron chi connectivity index (χ2n) is 4.11. The highest BCUT2D eigenvalue weighted by Gasteiger charge is 2.08. The Bertz CT molecular complexity index is 725. The molecule has 0 saturated heterocycles. The summed E-state index contributed by atoms with van der Waals surface area (Å²) in [7, 11) is 1.66. The maximum Gasteiger partial charge on any atom is 0.124 e. The molecule has 0 aliphatic heterocycles. The fourth-order valence-corrected chi connectivity index (χ4v) is 2.97. The van der Waals surface area contributed by atoms with Crippen LogP contribution in [0, 0.1) is 0 Å². The van der Waals surface area contributed by atoms with Crippen molar-refractivity contribution in [3.05, 3.63) is 52.4 Å². The van der Waals surface area contributed by atoms with Gasteiger partial charge in [0.2, 0.25) is 0 Å². The Balaban J connectivity index is 1.93. The Kier molecular flexibility index (Phi) is 3.80. The van der Waals surface area contributed by atoms with Crippen molar-refractivity contribution in [2.45, 2.75) is 0 Å². The molecule has 2 aromatic heterocycles. The molecule has 1 aromatic carbocycles. The van der Waals surface area contributed by atoms with Gasteiger partial charge in [-0.25, -0.2) is 9.97 Å². The maximum atomic E-state index is 5.16. The van der Waals surface area contributed by atoms with Gasteiger partial charge in [0.05, 0.1) is 12.8 Å². The molecule has 0 atom stereocenters. The number of nitrogens with zero attached hydrogens (tertiary/aromatic N) is 2. The van der Waals surface area contributed by atoms with Gasteiger partial charge in [-0.2, -0.15) is 0 Å². The van der Waals surface area contributed by atoms with Gasteiger partial charge in [-0.15, -0.1) is 11.3 Å². The molecule has 0 N–H and O–H groups in total. The van der Waals surface area contributed by atoms with Gasteiger partial charge in [0.15, 0.2) is 0 Å². The molecule has 0 aliphatic rings. The minimum Gasteiger partial charge on any atom is -0.497 e. The fourth-order valence-electron chi connectivity index (χ4n) is 1.81. The third kappa shape index (κ3) is 2.73. The van der Waals surface area contributed by atoms with Crippen LogP contribution in [0.15, 0.2) is 52.4 Å². The van der Waals surface area contributed by atoms with E-state index in [0.717, 1.165) is 32.3 Å². The minimum atomic E-state index is 0.814. The number of hydrogen-bond acceptors (Lipinski definition) is 4. The van der Waals surface area contributed by atoms with E-state index < -0.39 is 0 Å². The van der Waals surface area contributed by atoms with Crippen molar-refractivity contribution in [3.63, 3.8) is 0 Å². The summed E-state index contributed by atoms with van der Waals surface area (Å²) >= 11 is 4.99. The first-order valence-electron chi connectivity index (χ1n) is 5.99. The average Bonchev–Trinajstić information content (AvgIpc) is 2.97. The molecule has 0 fully saturated rings. The number of rotatable bonds is 3. The van der Waals surface area contributed by atoms with Crippen molar-refractivity contribution in [1.82, 2.24) is 9.97 Å². The Morgan fingerprint density at radius 2 is 1.80 bits per heavy atom. The Hall–Kier alpha value is -1.72. The Labute approximate surface area is 129 Å². The SMILES string of the molecule is COc1ccc(-c2nc(-c3cccc(Br)n3)cs2)cc1. The molecular formula is C15H11BrN2OS. The van der Waals surface area contributed by atoms with E-state index in [1.807, 2.05) is 47.8 Å². The summed E-state index contributed by atoms with van der Waals surface area (Å²) in [4.78, 5) is 9.06. The van der Waals surface area contributed by atoms with E-state index in [9.17, 15) is 0 Å². The van der Waals surface area contributed by atoms with Crippen LogP contribution in [0.5, 0.6) is 5.75 Å². The summed E-state index contributed by atoms with van der Waals surface area (Å²) in [5.74, 6) is 0.846. The van der Waals surface area contributed by atoms with Crippen LogP contribution in [0.4, 0.5) is 0 Å². The molecular weight excluding hydrogens is 336 g/mol. The van der Waals surface area contributed by atoms with Gasteiger partial charge in [0, 0.05) is 10.9 Å². The molecule has 100 valence electrons. The van der Waals surface area contributed by atoms with Crippen molar-refractivity contribution in [2.75, 3.05) is 7.11 Å². The largest absolute Gasteiger partial charge is 0.497 e. The topological polar surface area (TPSA) is 35.0 Å². The number of pyridine rings is 1. The third-order valence-electron chi connectivity index (χ3n) is 2.82. The molecule has 0 amide bonds. The van der Waals surface area contributed by atoms with E-state index in [1.165, 1.54) is 0 Å². The van der Waals surface area contributed by atoms with Crippen molar-refractivity contribution in [2.24, 2.45) is 0 Å². The number of halogens is 1. The number of ether oxygens (including phenoxy) is 1. The van der Waals surface area contributed by atoms with Crippen molar-refractivity contribution < 1.29 is 4.74 Å². The van der Waals surface area contributed by atoms with E-state index in [2.05, 4.69) is 25.9 Å². The first kappa shape index (κ1) is 13.3. The van der Waals surface area contributed by atoms with Crippen LogP contribution in [0.1, 0.15) is 0 Å². The van der Waals surface area contributed by atoms with Crippen LogP contribution >= 0.6 is 27.3 Å². The number of benzene rings is 1. The first-order chi connectivity index (χ1) is 9.76. The summed E-state index contributed by atoms with van der Waals surface area (Å²) in [5.41, 5.74) is 2.84. The zero-order chi connectivity index (χ0) is 13.9. The molecule has 3 rings (SSSR count). The molecule has 0 aliphatic carbocycles. The fraction of sp³-hybridized carbons (Fsp3) is 0.0667. The Morgan fingerprint density at radius 1 is 1.00 bits per heavy atom. The molecule has 0 unspecified atom stereocenters. The molecule has 0 bridgehead atoms. The maximum absolute atomic E-state index is 5.16. The summed E-state index contributed by atoms with van der Waals surface area (Å²) < 4.78 is 5.97. The van der Waals surface area contributed by atoms with Crippen LogP contribution < -0.4 is 4.74 Å². The molecule has 3 aromatic rings. The number of methoxy groups -OCH3 is 1. The highest BCUT2D eigenvalue weighted by atomic mass is 79.9. The lowest BCUT2D eigenvalue weighted by Crippen LogP contribution is -1.85. The summed E-state index contributed by atoms with van der Waals surface area (Å²) in [5, 5.41) is 3.00. The lowest BCUT2D eigenvalue weighted by atomic mass is 10.2. The average molecular weight is 347 g/mol. The van der Waals surface area contributed by atoms with Crippen molar-refractivity contribution in [1.29, 1.82) is 0 Å². The van der Waals surface area contributed by atoms with Crippen LogP contribution in [0.2, 0.25) is 0 Å². The van der Waals surface area contributed by atoms with Crippen LogP contribution in [0.25, 0.3) is 22.0 Å². The number of hydrogen-bond donors (Lipinski definition) is 0.